The van der Waals surface area contributed by atoms with Crippen molar-refractivity contribution < 1.29 is 4.79 Å². The second kappa shape index (κ2) is 6.37. The molecule has 0 radical (unpaired) electrons. The van der Waals surface area contributed by atoms with E-state index in [2.05, 4.69) is 23.5 Å². The van der Waals surface area contributed by atoms with Gasteiger partial charge in [-0.1, -0.05) is 6.92 Å². The Kier molecular flexibility index (Phi) is 5.11. The molecule has 5 heteroatoms. The van der Waals surface area contributed by atoms with Crippen LogP contribution in [0.3, 0.4) is 0 Å². The highest BCUT2D eigenvalue weighted by atomic mass is 32.2. The molecule has 3 N–H and O–H groups in total. The first-order valence-corrected chi connectivity index (χ1v) is 6.51. The van der Waals surface area contributed by atoms with Gasteiger partial charge in [-0.25, -0.2) is 4.98 Å². The van der Waals surface area contributed by atoms with Crippen LogP contribution in [-0.4, -0.2) is 29.4 Å². The molecule has 1 rings (SSSR count). The molecule has 1 aromatic heterocycles. The van der Waals surface area contributed by atoms with Crippen molar-refractivity contribution >= 4 is 23.4 Å². The lowest BCUT2D eigenvalue weighted by molar-refractivity contribution is 0.0944. The Morgan fingerprint density at radius 2 is 2.38 bits per heavy atom. The zero-order valence-corrected chi connectivity index (χ0v) is 10.4. The maximum Gasteiger partial charge on any atom is 0.269 e. The fourth-order valence-electron chi connectivity index (χ4n) is 1.24. The first kappa shape index (κ1) is 12.8. The summed E-state index contributed by atoms with van der Waals surface area (Å²) in [5.74, 6) is 1.36. The lowest BCUT2D eigenvalue weighted by Gasteiger charge is -2.10. The molecule has 0 fully saturated rings. The standard InChI is InChI=1S/C11H17N3OS/c1-8(7-16-2)5-14-11(15)10-4-3-9(12)6-13-10/h3-4,6,8H,5,7,12H2,1-2H3,(H,14,15). The van der Waals surface area contributed by atoms with Crippen molar-refractivity contribution in [3.8, 4) is 0 Å². The van der Waals surface area contributed by atoms with Crippen LogP contribution in [0.5, 0.6) is 0 Å². The number of nitrogens with one attached hydrogen (secondary N) is 1. The number of nitrogen functional groups attached to an aromatic ring is 1. The third-order valence-electron chi connectivity index (χ3n) is 2.08. The van der Waals surface area contributed by atoms with E-state index in [1.165, 1.54) is 6.20 Å². The number of nitrogens with zero attached hydrogens (tertiary/aromatic N) is 1. The summed E-state index contributed by atoms with van der Waals surface area (Å²) in [6.07, 6.45) is 3.54. The lowest BCUT2D eigenvalue weighted by Crippen LogP contribution is -2.29. The van der Waals surface area contributed by atoms with Gasteiger partial charge < -0.3 is 11.1 Å². The van der Waals surface area contributed by atoms with Gasteiger partial charge in [-0.15, -0.1) is 0 Å². The zero-order chi connectivity index (χ0) is 12.0. The minimum atomic E-state index is -0.145. The number of rotatable bonds is 5. The number of hydrogen-bond donors (Lipinski definition) is 2. The van der Waals surface area contributed by atoms with E-state index >= 15 is 0 Å². The molecule has 0 saturated heterocycles. The topological polar surface area (TPSA) is 68.0 Å². The van der Waals surface area contributed by atoms with E-state index in [-0.39, 0.29) is 5.91 Å². The molecule has 88 valence electrons. The van der Waals surface area contributed by atoms with E-state index in [9.17, 15) is 4.79 Å². The van der Waals surface area contributed by atoms with Crippen molar-refractivity contribution in [2.24, 2.45) is 5.92 Å². The van der Waals surface area contributed by atoms with Crippen molar-refractivity contribution in [3.63, 3.8) is 0 Å². The van der Waals surface area contributed by atoms with Crippen LogP contribution in [0.15, 0.2) is 18.3 Å². The van der Waals surface area contributed by atoms with Gasteiger partial charge in [0, 0.05) is 6.54 Å². The molecule has 1 unspecified atom stereocenters. The first-order valence-electron chi connectivity index (χ1n) is 5.12. The zero-order valence-electron chi connectivity index (χ0n) is 9.56. The number of carbonyl (C=O) groups is 1. The van der Waals surface area contributed by atoms with Crippen LogP contribution in [-0.2, 0) is 0 Å². The van der Waals surface area contributed by atoms with Crippen molar-refractivity contribution in [1.29, 1.82) is 0 Å². The highest BCUT2D eigenvalue weighted by Crippen LogP contribution is 2.04. The Morgan fingerprint density at radius 3 is 2.94 bits per heavy atom. The molecule has 1 aromatic rings. The SMILES string of the molecule is CSCC(C)CNC(=O)c1ccc(N)cn1. The molecule has 1 heterocycles. The summed E-state index contributed by atoms with van der Waals surface area (Å²) in [6.45, 7) is 2.78. The largest absolute Gasteiger partial charge is 0.397 e. The number of hydrogen-bond acceptors (Lipinski definition) is 4. The maximum absolute atomic E-state index is 11.6. The average molecular weight is 239 g/mol. The molecule has 1 amide bonds. The van der Waals surface area contributed by atoms with Crippen molar-refractivity contribution in [2.45, 2.75) is 6.92 Å². The number of pyridine rings is 1. The summed E-state index contributed by atoms with van der Waals surface area (Å²) in [7, 11) is 0. The van der Waals surface area contributed by atoms with Crippen molar-refractivity contribution in [2.75, 3.05) is 24.3 Å². The van der Waals surface area contributed by atoms with E-state index in [1.807, 2.05) is 0 Å². The summed E-state index contributed by atoms with van der Waals surface area (Å²) in [5, 5.41) is 2.85. The van der Waals surface area contributed by atoms with E-state index in [0.29, 0.717) is 23.8 Å². The molecule has 0 spiro atoms. The van der Waals surface area contributed by atoms with Gasteiger partial charge in [-0.2, -0.15) is 11.8 Å². The summed E-state index contributed by atoms with van der Waals surface area (Å²) in [4.78, 5) is 15.6. The molecule has 16 heavy (non-hydrogen) atoms. The molecule has 0 aromatic carbocycles. The second-order valence-electron chi connectivity index (χ2n) is 3.75. The van der Waals surface area contributed by atoms with Gasteiger partial charge in [0.1, 0.15) is 5.69 Å². The van der Waals surface area contributed by atoms with Crippen LogP contribution in [0.2, 0.25) is 0 Å². The highest BCUT2D eigenvalue weighted by Gasteiger charge is 2.08. The molecule has 0 aliphatic heterocycles. The Labute approximate surface area is 100 Å². The quantitative estimate of drug-likeness (QED) is 0.815. The number of thioether (sulfide) groups is 1. The average Bonchev–Trinajstić information content (AvgIpc) is 2.27. The van der Waals surface area contributed by atoms with E-state index in [0.717, 1.165) is 5.75 Å². The van der Waals surface area contributed by atoms with E-state index in [4.69, 9.17) is 5.73 Å². The third-order valence-corrected chi connectivity index (χ3v) is 2.98. The van der Waals surface area contributed by atoms with Crippen LogP contribution in [0.25, 0.3) is 0 Å². The van der Waals surface area contributed by atoms with Crippen LogP contribution >= 0.6 is 11.8 Å². The van der Waals surface area contributed by atoms with Gasteiger partial charge in [0.05, 0.1) is 11.9 Å². The Hall–Kier alpha value is -1.23. The van der Waals surface area contributed by atoms with Crippen LogP contribution in [0.4, 0.5) is 5.69 Å². The highest BCUT2D eigenvalue weighted by molar-refractivity contribution is 7.98. The molecule has 1 atom stereocenters. The van der Waals surface area contributed by atoms with Gasteiger partial charge >= 0.3 is 0 Å². The number of carbonyl (C=O) groups excluding carboxylic acids is 1. The van der Waals surface area contributed by atoms with Crippen molar-refractivity contribution in [3.05, 3.63) is 24.0 Å². The summed E-state index contributed by atoms with van der Waals surface area (Å²) < 4.78 is 0. The first-order chi connectivity index (χ1) is 7.63. The van der Waals surface area contributed by atoms with Gasteiger partial charge in [-0.3, -0.25) is 4.79 Å². The fraction of sp³-hybridized carbons (Fsp3) is 0.455. The predicted molar refractivity (Wildman–Crippen MR) is 68.5 cm³/mol. The molecular formula is C11H17N3OS. The molecular weight excluding hydrogens is 222 g/mol. The summed E-state index contributed by atoms with van der Waals surface area (Å²) >= 11 is 1.78. The smallest absolute Gasteiger partial charge is 0.269 e. The number of anilines is 1. The monoisotopic (exact) mass is 239 g/mol. The van der Waals surface area contributed by atoms with E-state index < -0.39 is 0 Å². The van der Waals surface area contributed by atoms with Crippen molar-refractivity contribution in [1.82, 2.24) is 10.3 Å². The van der Waals surface area contributed by atoms with Gasteiger partial charge in [0.25, 0.3) is 5.91 Å². The molecule has 0 bridgehead atoms. The molecule has 0 aliphatic rings. The Bertz CT molecular complexity index is 340. The number of amides is 1. The number of aromatic nitrogens is 1. The summed E-state index contributed by atoms with van der Waals surface area (Å²) in [5.41, 5.74) is 6.46. The minimum Gasteiger partial charge on any atom is -0.397 e. The van der Waals surface area contributed by atoms with Gasteiger partial charge in [-0.05, 0) is 30.1 Å². The van der Waals surface area contributed by atoms with Crippen LogP contribution < -0.4 is 11.1 Å². The summed E-state index contributed by atoms with van der Waals surface area (Å²) in [6, 6.07) is 3.30. The fourth-order valence-corrected chi connectivity index (χ4v) is 1.93. The van der Waals surface area contributed by atoms with Crippen LogP contribution in [0, 0.1) is 5.92 Å². The van der Waals surface area contributed by atoms with Gasteiger partial charge in [0.2, 0.25) is 0 Å². The lowest BCUT2D eigenvalue weighted by atomic mass is 10.2. The third kappa shape index (κ3) is 4.10. The van der Waals surface area contributed by atoms with Crippen LogP contribution in [0.1, 0.15) is 17.4 Å². The molecule has 4 nitrogen and oxygen atoms in total. The molecule has 0 aliphatic carbocycles. The van der Waals surface area contributed by atoms with Gasteiger partial charge in [0.15, 0.2) is 0 Å². The number of nitrogens with two attached hydrogens (primary N) is 1. The Morgan fingerprint density at radius 1 is 1.62 bits per heavy atom. The Balaban J connectivity index is 2.43. The molecule has 0 saturated carbocycles. The predicted octanol–water partition coefficient (Wildman–Crippen LogP) is 1.39. The normalized spacial score (nSPS) is 12.1. The van der Waals surface area contributed by atoms with E-state index in [1.54, 1.807) is 23.9 Å². The second-order valence-corrected chi connectivity index (χ2v) is 4.66. The maximum atomic E-state index is 11.6. The minimum absolute atomic E-state index is 0.145.